The van der Waals surface area contributed by atoms with E-state index in [2.05, 4.69) is 5.32 Å². The number of imidazole rings is 1. The summed E-state index contributed by atoms with van der Waals surface area (Å²) in [5, 5.41) is 3.67. The Kier molecular flexibility index (Phi) is 4.19. The molecule has 0 saturated heterocycles. The Morgan fingerprint density at radius 3 is 2.46 bits per heavy atom. The van der Waals surface area contributed by atoms with Crippen LogP contribution in [0.15, 0.2) is 72.9 Å². The lowest BCUT2D eigenvalue weighted by Crippen LogP contribution is -2.14. The van der Waals surface area contributed by atoms with Crippen molar-refractivity contribution in [3.8, 4) is 11.3 Å². The van der Waals surface area contributed by atoms with Crippen molar-refractivity contribution in [2.45, 2.75) is 6.92 Å². The van der Waals surface area contributed by atoms with Crippen LogP contribution in [-0.2, 0) is 0 Å². The second-order valence-electron chi connectivity index (χ2n) is 6.07. The molecule has 1 amide bonds. The summed E-state index contributed by atoms with van der Waals surface area (Å²) in [6, 6.07) is 20.5. The third-order valence-corrected chi connectivity index (χ3v) is 4.40. The van der Waals surface area contributed by atoms with Crippen molar-refractivity contribution in [3.05, 3.63) is 89.1 Å². The lowest BCUT2D eigenvalue weighted by atomic mass is 10.1. The molecule has 0 spiro atoms. The second kappa shape index (κ2) is 6.65. The van der Waals surface area contributed by atoms with E-state index in [4.69, 9.17) is 16.6 Å². The molecule has 0 aliphatic carbocycles. The van der Waals surface area contributed by atoms with Gasteiger partial charge in [0.05, 0.1) is 0 Å². The van der Waals surface area contributed by atoms with E-state index >= 15 is 0 Å². The summed E-state index contributed by atoms with van der Waals surface area (Å²) in [5.74, 6) is 0.462. The van der Waals surface area contributed by atoms with Gasteiger partial charge in [0.2, 0.25) is 0 Å². The van der Waals surface area contributed by atoms with Gasteiger partial charge in [-0.2, -0.15) is 0 Å². The summed E-state index contributed by atoms with van der Waals surface area (Å²) in [5.41, 5.74) is 4.03. The van der Waals surface area contributed by atoms with E-state index in [1.165, 1.54) is 0 Å². The number of amides is 1. The van der Waals surface area contributed by atoms with Crippen LogP contribution in [0, 0.1) is 6.92 Å². The first-order valence-electron chi connectivity index (χ1n) is 8.23. The van der Waals surface area contributed by atoms with Crippen LogP contribution < -0.4 is 5.32 Å². The number of fused-ring (bicyclic) bond motifs is 1. The molecule has 5 heteroatoms. The molecule has 2 heterocycles. The highest BCUT2D eigenvalue weighted by molar-refractivity contribution is 6.30. The Morgan fingerprint density at radius 2 is 1.73 bits per heavy atom. The smallest absolute Gasteiger partial charge is 0.256 e. The summed E-state index contributed by atoms with van der Waals surface area (Å²) in [6.07, 6.45) is 1.96. The van der Waals surface area contributed by atoms with Gasteiger partial charge in [0.25, 0.3) is 5.91 Å². The number of hydrogen-bond acceptors (Lipinski definition) is 2. The van der Waals surface area contributed by atoms with Crippen molar-refractivity contribution in [2.24, 2.45) is 0 Å². The van der Waals surface area contributed by atoms with Crippen molar-refractivity contribution in [1.82, 2.24) is 9.38 Å². The van der Waals surface area contributed by atoms with E-state index in [0.29, 0.717) is 22.1 Å². The Balaban J connectivity index is 1.85. The van der Waals surface area contributed by atoms with Crippen LogP contribution in [0.2, 0.25) is 5.02 Å². The number of rotatable bonds is 3. The molecule has 0 saturated carbocycles. The van der Waals surface area contributed by atoms with Gasteiger partial charge in [-0.05, 0) is 42.8 Å². The van der Waals surface area contributed by atoms with Crippen molar-refractivity contribution in [2.75, 3.05) is 5.32 Å². The Labute approximate surface area is 156 Å². The Hall–Kier alpha value is -3.11. The zero-order chi connectivity index (χ0) is 18.1. The van der Waals surface area contributed by atoms with Gasteiger partial charge in [-0.15, -0.1) is 0 Å². The van der Waals surface area contributed by atoms with Crippen molar-refractivity contribution in [3.63, 3.8) is 0 Å². The first kappa shape index (κ1) is 16.4. The summed E-state index contributed by atoms with van der Waals surface area (Å²) in [4.78, 5) is 17.4. The average Bonchev–Trinajstić information content (AvgIpc) is 3.01. The van der Waals surface area contributed by atoms with E-state index in [1.54, 1.807) is 12.1 Å². The van der Waals surface area contributed by atoms with Gasteiger partial charge in [-0.3, -0.25) is 9.20 Å². The van der Waals surface area contributed by atoms with Gasteiger partial charge in [0.15, 0.2) is 0 Å². The molecule has 0 aliphatic rings. The van der Waals surface area contributed by atoms with Gasteiger partial charge in [0, 0.05) is 22.3 Å². The second-order valence-corrected chi connectivity index (χ2v) is 6.51. The van der Waals surface area contributed by atoms with Gasteiger partial charge < -0.3 is 5.32 Å². The molecule has 0 unspecified atom stereocenters. The van der Waals surface area contributed by atoms with Crippen LogP contribution in [-0.4, -0.2) is 15.3 Å². The molecule has 0 fully saturated rings. The summed E-state index contributed by atoms with van der Waals surface area (Å²) in [7, 11) is 0. The van der Waals surface area contributed by atoms with Crippen molar-refractivity contribution in [1.29, 1.82) is 0 Å². The zero-order valence-electron chi connectivity index (χ0n) is 14.1. The quantitative estimate of drug-likeness (QED) is 0.544. The predicted octanol–water partition coefficient (Wildman–Crippen LogP) is 5.22. The fraction of sp³-hybridized carbons (Fsp3) is 0.0476. The number of nitrogens with one attached hydrogen (secondary N) is 1. The minimum absolute atomic E-state index is 0.177. The van der Waals surface area contributed by atoms with E-state index in [1.807, 2.05) is 72.1 Å². The molecule has 0 atom stereocenters. The van der Waals surface area contributed by atoms with Crippen LogP contribution >= 0.6 is 11.6 Å². The number of benzene rings is 2. The monoisotopic (exact) mass is 361 g/mol. The molecule has 0 radical (unpaired) electrons. The summed E-state index contributed by atoms with van der Waals surface area (Å²) in [6.45, 7) is 2.00. The third kappa shape index (κ3) is 3.07. The van der Waals surface area contributed by atoms with Gasteiger partial charge in [0.1, 0.15) is 17.2 Å². The van der Waals surface area contributed by atoms with E-state index in [0.717, 1.165) is 16.8 Å². The number of nitrogens with zero attached hydrogens (tertiary/aromatic N) is 2. The number of hydrogen-bond donors (Lipinski definition) is 1. The maximum absolute atomic E-state index is 12.7. The van der Waals surface area contributed by atoms with E-state index in [9.17, 15) is 4.79 Å². The predicted molar refractivity (Wildman–Crippen MR) is 105 cm³/mol. The Bertz CT molecular complexity index is 1090. The topological polar surface area (TPSA) is 46.4 Å². The zero-order valence-corrected chi connectivity index (χ0v) is 14.9. The summed E-state index contributed by atoms with van der Waals surface area (Å²) >= 11 is 6.01. The van der Waals surface area contributed by atoms with Gasteiger partial charge >= 0.3 is 0 Å². The first-order chi connectivity index (χ1) is 12.6. The van der Waals surface area contributed by atoms with Gasteiger partial charge in [-0.1, -0.05) is 48.0 Å². The highest BCUT2D eigenvalue weighted by Gasteiger charge is 2.17. The molecule has 0 bridgehead atoms. The summed E-state index contributed by atoms with van der Waals surface area (Å²) < 4.78 is 1.90. The minimum Gasteiger partial charge on any atom is -0.306 e. The van der Waals surface area contributed by atoms with Gasteiger partial charge in [-0.25, -0.2) is 4.98 Å². The molecule has 1 N–H and O–H groups in total. The van der Waals surface area contributed by atoms with Crippen LogP contribution in [0.3, 0.4) is 0 Å². The van der Waals surface area contributed by atoms with Crippen molar-refractivity contribution < 1.29 is 4.79 Å². The van der Waals surface area contributed by atoms with Crippen LogP contribution in [0.4, 0.5) is 5.82 Å². The molecular weight excluding hydrogens is 346 g/mol. The number of aromatic nitrogens is 2. The molecule has 26 heavy (non-hydrogen) atoms. The number of halogens is 1. The number of aryl methyl sites for hydroxylation is 1. The molecule has 128 valence electrons. The molecular formula is C21H16ClN3O. The molecule has 4 aromatic rings. The van der Waals surface area contributed by atoms with Crippen molar-refractivity contribution >= 4 is 29.0 Å². The van der Waals surface area contributed by atoms with E-state index < -0.39 is 0 Å². The number of carbonyl (C=O) groups is 1. The fourth-order valence-electron chi connectivity index (χ4n) is 2.85. The Morgan fingerprint density at radius 1 is 1.00 bits per heavy atom. The molecule has 0 aliphatic heterocycles. The van der Waals surface area contributed by atoms with Crippen LogP contribution in [0.1, 0.15) is 15.9 Å². The minimum atomic E-state index is -0.177. The van der Waals surface area contributed by atoms with E-state index in [-0.39, 0.29) is 5.91 Å². The lowest BCUT2D eigenvalue weighted by Gasteiger charge is -2.08. The maximum Gasteiger partial charge on any atom is 0.256 e. The van der Waals surface area contributed by atoms with Crippen LogP contribution in [0.5, 0.6) is 0 Å². The standard InChI is InChI=1S/C21H16ClN3O/c1-14-7-12-18-23-19(15-8-10-17(22)11-9-15)20(25(18)13-14)24-21(26)16-5-3-2-4-6-16/h2-13H,1H3,(H,24,26). The molecule has 4 rings (SSSR count). The molecule has 4 nitrogen and oxygen atoms in total. The largest absolute Gasteiger partial charge is 0.306 e. The fourth-order valence-corrected chi connectivity index (χ4v) is 2.97. The molecule has 2 aromatic heterocycles. The average molecular weight is 362 g/mol. The SMILES string of the molecule is Cc1ccc2nc(-c3ccc(Cl)cc3)c(NC(=O)c3ccccc3)n2c1. The number of anilines is 1. The normalized spacial score (nSPS) is 10.8. The lowest BCUT2D eigenvalue weighted by molar-refractivity contribution is 0.102. The number of carbonyl (C=O) groups excluding carboxylic acids is 1. The number of pyridine rings is 1. The first-order valence-corrected chi connectivity index (χ1v) is 8.61. The highest BCUT2D eigenvalue weighted by atomic mass is 35.5. The molecule has 2 aromatic carbocycles. The third-order valence-electron chi connectivity index (χ3n) is 4.15. The highest BCUT2D eigenvalue weighted by Crippen LogP contribution is 2.30. The maximum atomic E-state index is 12.7. The van der Waals surface area contributed by atoms with Crippen LogP contribution in [0.25, 0.3) is 16.9 Å².